The van der Waals surface area contributed by atoms with Gasteiger partial charge in [0.1, 0.15) is 24.0 Å². The first kappa shape index (κ1) is 28.2. The van der Waals surface area contributed by atoms with Crippen molar-refractivity contribution in [2.45, 2.75) is 25.7 Å². The standard InChI is InChI=1S/C16H22N5O12P3S/c1-8-3-9(5-30-35(25,26)33-36(27,28)32-34(22,23)24)31-15(8)21-4-10(11-6-37-16(20-11)29-2)12-13(17)18-7-19-14(12)21/h4,6-9,15H,3,5H2,1-2H3,(H,25,26)(H,27,28)(H2,17,18,19)(H2,22,23,24). The fourth-order valence-electron chi connectivity index (χ4n) is 3.82. The number of anilines is 1. The van der Waals surface area contributed by atoms with Crippen LogP contribution in [-0.4, -0.2) is 58.9 Å². The van der Waals surface area contributed by atoms with E-state index in [9.17, 15) is 23.5 Å². The Morgan fingerprint density at radius 3 is 2.57 bits per heavy atom. The average molecular weight is 601 g/mol. The number of phosphoric acid groups is 3. The first-order valence-electron chi connectivity index (χ1n) is 10.2. The maximum atomic E-state index is 12.0. The summed E-state index contributed by atoms with van der Waals surface area (Å²) in [6.07, 6.45) is 1.98. The zero-order valence-corrected chi connectivity index (χ0v) is 22.5. The average Bonchev–Trinajstić information content (AvgIpc) is 3.46. The van der Waals surface area contributed by atoms with Crippen LogP contribution in [0.4, 0.5) is 5.82 Å². The first-order chi connectivity index (χ1) is 17.2. The zero-order chi connectivity index (χ0) is 27.2. The summed E-state index contributed by atoms with van der Waals surface area (Å²) in [4.78, 5) is 49.0. The molecule has 21 heteroatoms. The number of fused-ring (bicyclic) bond motifs is 1. The second-order valence-electron chi connectivity index (χ2n) is 7.86. The molecular formula is C16H22N5O12P3S. The summed E-state index contributed by atoms with van der Waals surface area (Å²) >= 11 is 1.29. The van der Waals surface area contributed by atoms with Gasteiger partial charge in [-0.15, -0.1) is 0 Å². The summed E-state index contributed by atoms with van der Waals surface area (Å²) in [7, 11) is -14.9. The van der Waals surface area contributed by atoms with E-state index in [4.69, 9.17) is 29.5 Å². The molecule has 204 valence electrons. The molecule has 0 aromatic carbocycles. The van der Waals surface area contributed by atoms with Crippen LogP contribution in [0, 0.1) is 5.92 Å². The molecule has 1 fully saturated rings. The van der Waals surface area contributed by atoms with Crippen LogP contribution in [0.1, 0.15) is 19.6 Å². The van der Waals surface area contributed by atoms with Crippen molar-refractivity contribution in [2.75, 3.05) is 19.5 Å². The lowest BCUT2D eigenvalue weighted by Gasteiger charge is -2.19. The van der Waals surface area contributed by atoms with Crippen LogP contribution in [0.25, 0.3) is 22.3 Å². The molecule has 3 aromatic rings. The number of thiazole rings is 1. The van der Waals surface area contributed by atoms with Gasteiger partial charge in [0, 0.05) is 23.1 Å². The predicted molar refractivity (Wildman–Crippen MR) is 127 cm³/mol. The number of nitrogens with zero attached hydrogens (tertiary/aromatic N) is 4. The van der Waals surface area contributed by atoms with E-state index in [1.165, 1.54) is 24.8 Å². The van der Waals surface area contributed by atoms with E-state index in [-0.39, 0.29) is 11.7 Å². The molecule has 0 spiro atoms. The van der Waals surface area contributed by atoms with Gasteiger partial charge in [-0.05, 0) is 6.42 Å². The summed E-state index contributed by atoms with van der Waals surface area (Å²) in [5, 5.41) is 2.78. The lowest BCUT2D eigenvalue weighted by molar-refractivity contribution is -0.0287. The quantitative estimate of drug-likeness (QED) is 0.209. The molecule has 0 amide bonds. The van der Waals surface area contributed by atoms with E-state index in [2.05, 4.69) is 23.6 Å². The minimum Gasteiger partial charge on any atom is -0.473 e. The van der Waals surface area contributed by atoms with Gasteiger partial charge in [0.05, 0.1) is 30.9 Å². The minimum atomic E-state index is -5.61. The molecule has 0 saturated carbocycles. The van der Waals surface area contributed by atoms with E-state index in [0.717, 1.165) is 0 Å². The lowest BCUT2D eigenvalue weighted by Crippen LogP contribution is -2.17. The van der Waals surface area contributed by atoms with Gasteiger partial charge in [0.25, 0.3) is 5.19 Å². The normalized spacial score (nSPS) is 23.7. The third kappa shape index (κ3) is 6.63. The zero-order valence-electron chi connectivity index (χ0n) is 19.0. The van der Waals surface area contributed by atoms with Crippen molar-refractivity contribution in [1.29, 1.82) is 0 Å². The number of ether oxygens (including phenoxy) is 2. The van der Waals surface area contributed by atoms with E-state index >= 15 is 0 Å². The smallest absolute Gasteiger partial charge is 0.473 e. The maximum Gasteiger partial charge on any atom is 0.490 e. The molecule has 0 aliphatic carbocycles. The molecule has 17 nitrogen and oxygen atoms in total. The summed E-state index contributed by atoms with van der Waals surface area (Å²) in [5.74, 6) is 0.0553. The summed E-state index contributed by atoms with van der Waals surface area (Å²) in [6.45, 7) is 1.30. The highest BCUT2D eigenvalue weighted by Crippen LogP contribution is 2.66. The third-order valence-corrected chi connectivity index (χ3v) is 9.74. The van der Waals surface area contributed by atoms with E-state index in [1.54, 1.807) is 16.1 Å². The van der Waals surface area contributed by atoms with Crippen molar-refractivity contribution in [1.82, 2.24) is 19.5 Å². The fourth-order valence-corrected chi connectivity index (χ4v) is 7.51. The van der Waals surface area contributed by atoms with Gasteiger partial charge in [0.2, 0.25) is 0 Å². The highest BCUT2D eigenvalue weighted by molar-refractivity contribution is 7.66. The van der Waals surface area contributed by atoms with Crippen LogP contribution in [-0.2, 0) is 31.6 Å². The van der Waals surface area contributed by atoms with E-state index < -0.39 is 42.4 Å². The Morgan fingerprint density at radius 1 is 1.19 bits per heavy atom. The molecule has 4 heterocycles. The number of methoxy groups -OCH3 is 1. The van der Waals surface area contributed by atoms with Crippen molar-refractivity contribution in [3.8, 4) is 16.5 Å². The van der Waals surface area contributed by atoms with Gasteiger partial charge < -0.3 is 39.3 Å². The van der Waals surface area contributed by atoms with Crippen LogP contribution in [0.5, 0.6) is 5.19 Å². The Kier molecular flexibility index (Phi) is 7.95. The second-order valence-corrected chi connectivity index (χ2v) is 13.1. The van der Waals surface area contributed by atoms with Gasteiger partial charge in [-0.1, -0.05) is 18.3 Å². The Balaban J connectivity index is 1.52. The Morgan fingerprint density at radius 2 is 1.92 bits per heavy atom. The third-order valence-electron chi connectivity index (χ3n) is 5.14. The van der Waals surface area contributed by atoms with E-state index in [0.29, 0.717) is 33.9 Å². The molecular weight excluding hydrogens is 579 g/mol. The topological polar surface area (TPSA) is 248 Å². The van der Waals surface area contributed by atoms with Crippen molar-refractivity contribution in [2.24, 2.45) is 5.92 Å². The molecule has 1 aliphatic heterocycles. The summed E-state index contributed by atoms with van der Waals surface area (Å²) < 4.78 is 59.4. The number of nitrogen functional groups attached to an aromatic ring is 1. The molecule has 0 bridgehead atoms. The molecule has 1 saturated heterocycles. The molecule has 37 heavy (non-hydrogen) atoms. The highest BCUT2D eigenvalue weighted by atomic mass is 32.1. The number of rotatable bonds is 10. The van der Waals surface area contributed by atoms with Crippen LogP contribution in [0.15, 0.2) is 17.9 Å². The van der Waals surface area contributed by atoms with E-state index in [1.807, 2.05) is 6.92 Å². The number of phosphoric ester groups is 1. The van der Waals surface area contributed by atoms with Crippen molar-refractivity contribution in [3.05, 3.63) is 17.9 Å². The van der Waals surface area contributed by atoms with Gasteiger partial charge in [-0.25, -0.2) is 28.6 Å². The maximum absolute atomic E-state index is 12.0. The first-order valence-corrected chi connectivity index (χ1v) is 15.6. The lowest BCUT2D eigenvalue weighted by atomic mass is 10.1. The van der Waals surface area contributed by atoms with Gasteiger partial charge >= 0.3 is 23.5 Å². The SMILES string of the molecule is COc1nc(-c2cn(C3OC(COP(=O)(O)OP(=O)(O)OP(=O)(O)O)CC3C)c3ncnc(N)c23)cs1. The number of nitrogens with two attached hydrogens (primary N) is 1. The number of hydrogen-bond donors (Lipinski definition) is 5. The van der Waals surface area contributed by atoms with Crippen molar-refractivity contribution >= 4 is 51.7 Å². The molecule has 5 atom stereocenters. The molecule has 5 unspecified atom stereocenters. The van der Waals surface area contributed by atoms with Gasteiger partial charge in [-0.2, -0.15) is 8.62 Å². The monoisotopic (exact) mass is 601 g/mol. The number of aromatic nitrogens is 4. The van der Waals surface area contributed by atoms with Crippen LogP contribution in [0.2, 0.25) is 0 Å². The molecule has 6 N–H and O–H groups in total. The summed E-state index contributed by atoms with van der Waals surface area (Å²) in [5.41, 5.74) is 7.82. The van der Waals surface area contributed by atoms with Gasteiger partial charge in [-0.3, -0.25) is 4.52 Å². The van der Waals surface area contributed by atoms with Crippen molar-refractivity contribution < 1.29 is 55.9 Å². The largest absolute Gasteiger partial charge is 0.490 e. The Bertz CT molecular complexity index is 1440. The fraction of sp³-hybridized carbons (Fsp3) is 0.438. The Hall–Kier alpha value is -1.78. The van der Waals surface area contributed by atoms with Crippen LogP contribution >= 0.6 is 34.8 Å². The number of hydrogen-bond acceptors (Lipinski definition) is 13. The predicted octanol–water partition coefficient (Wildman–Crippen LogP) is 2.41. The van der Waals surface area contributed by atoms with Gasteiger partial charge in [0.15, 0.2) is 0 Å². The minimum absolute atomic E-state index is 0.167. The van der Waals surface area contributed by atoms with Crippen LogP contribution in [0.3, 0.4) is 0 Å². The molecule has 3 aromatic heterocycles. The molecule has 4 rings (SSSR count). The second kappa shape index (κ2) is 10.4. The van der Waals surface area contributed by atoms with Crippen molar-refractivity contribution in [3.63, 3.8) is 0 Å². The molecule has 1 aliphatic rings. The van der Waals surface area contributed by atoms with Crippen LogP contribution < -0.4 is 10.5 Å². The molecule has 0 radical (unpaired) electrons. The summed E-state index contributed by atoms with van der Waals surface area (Å²) in [6, 6.07) is 0. The highest BCUT2D eigenvalue weighted by Gasteiger charge is 2.42. The Labute approximate surface area is 212 Å².